The molecule has 0 saturated heterocycles. The van der Waals surface area contributed by atoms with Gasteiger partial charge in [0.2, 0.25) is 0 Å². The molecule has 0 bridgehead atoms. The molecule has 1 aromatic carbocycles. The molecule has 2 fully saturated rings. The van der Waals surface area contributed by atoms with Gasteiger partial charge in [0.15, 0.2) is 0 Å². The van der Waals surface area contributed by atoms with E-state index in [0.29, 0.717) is 11.5 Å². The highest BCUT2D eigenvalue weighted by Crippen LogP contribution is 2.40. The lowest BCUT2D eigenvalue weighted by Gasteiger charge is -2.41. The molecule has 24 heavy (non-hydrogen) atoms. The number of pyridine rings is 1. The summed E-state index contributed by atoms with van der Waals surface area (Å²) in [5, 5.41) is 13.0. The number of hydrogen-bond donors (Lipinski definition) is 2. The van der Waals surface area contributed by atoms with Crippen molar-refractivity contribution in [3.63, 3.8) is 0 Å². The highest BCUT2D eigenvalue weighted by molar-refractivity contribution is 6.06. The second kappa shape index (κ2) is 5.58. The summed E-state index contributed by atoms with van der Waals surface area (Å²) in [5.41, 5.74) is 1.82. The number of carboxylic acid groups (broad SMARTS) is 1. The quantitative estimate of drug-likeness (QED) is 0.885. The van der Waals surface area contributed by atoms with Crippen LogP contribution in [0.1, 0.15) is 60.5 Å². The van der Waals surface area contributed by atoms with Gasteiger partial charge in [-0.25, -0.2) is 0 Å². The van der Waals surface area contributed by atoms with Gasteiger partial charge in [-0.2, -0.15) is 0 Å². The number of hydrogen-bond acceptors (Lipinski definition) is 3. The molecule has 2 aromatic rings. The zero-order chi connectivity index (χ0) is 16.7. The van der Waals surface area contributed by atoms with E-state index in [-0.39, 0.29) is 12.3 Å². The van der Waals surface area contributed by atoms with Gasteiger partial charge in [-0.05, 0) is 44.2 Å². The summed E-state index contributed by atoms with van der Waals surface area (Å²) in [7, 11) is 0. The Hall–Kier alpha value is -2.43. The van der Waals surface area contributed by atoms with Crippen molar-refractivity contribution in [2.75, 3.05) is 0 Å². The van der Waals surface area contributed by atoms with Crippen LogP contribution in [0, 0.1) is 0 Å². The maximum atomic E-state index is 12.9. The molecule has 2 N–H and O–H groups in total. The molecule has 1 heterocycles. The number of benzene rings is 1. The average molecular weight is 324 g/mol. The first kappa shape index (κ1) is 15.1. The smallest absolute Gasteiger partial charge is 0.305 e. The zero-order valence-corrected chi connectivity index (χ0v) is 13.4. The normalized spacial score (nSPS) is 18.8. The third-order valence-electron chi connectivity index (χ3n) is 5.16. The second-order valence-electron chi connectivity index (χ2n) is 7.04. The minimum Gasteiger partial charge on any atom is -0.481 e. The molecular formula is C19H20N2O3. The average Bonchev–Trinajstić information content (AvgIpc) is 3.36. The molecule has 0 unspecified atom stereocenters. The molecule has 2 aliphatic rings. The molecule has 1 amide bonds. The summed E-state index contributed by atoms with van der Waals surface area (Å²) < 4.78 is 0. The summed E-state index contributed by atoms with van der Waals surface area (Å²) >= 11 is 0. The molecular weight excluding hydrogens is 304 g/mol. The van der Waals surface area contributed by atoms with E-state index in [1.807, 2.05) is 30.3 Å². The first-order chi connectivity index (χ1) is 11.6. The van der Waals surface area contributed by atoms with Crippen LogP contribution in [0.15, 0.2) is 30.3 Å². The van der Waals surface area contributed by atoms with E-state index < -0.39 is 11.5 Å². The maximum absolute atomic E-state index is 12.9. The summed E-state index contributed by atoms with van der Waals surface area (Å²) in [6.45, 7) is 0. The predicted molar refractivity (Wildman–Crippen MR) is 90.0 cm³/mol. The van der Waals surface area contributed by atoms with Crippen molar-refractivity contribution in [1.29, 1.82) is 0 Å². The zero-order valence-electron chi connectivity index (χ0n) is 13.4. The molecule has 0 radical (unpaired) electrons. The highest BCUT2D eigenvalue weighted by Gasteiger charge is 2.40. The molecule has 0 atom stereocenters. The first-order valence-electron chi connectivity index (χ1n) is 8.50. The minimum absolute atomic E-state index is 0.0166. The van der Waals surface area contributed by atoms with Crippen LogP contribution in [-0.2, 0) is 4.79 Å². The molecule has 0 spiro atoms. The van der Waals surface area contributed by atoms with Gasteiger partial charge in [0, 0.05) is 17.0 Å². The number of aliphatic carboxylic acids is 1. The molecule has 2 aliphatic carbocycles. The monoisotopic (exact) mass is 324 g/mol. The van der Waals surface area contributed by atoms with Gasteiger partial charge in [-0.1, -0.05) is 18.2 Å². The predicted octanol–water partition coefficient (Wildman–Crippen LogP) is 3.24. The first-order valence-corrected chi connectivity index (χ1v) is 8.50. The lowest BCUT2D eigenvalue weighted by atomic mass is 9.74. The minimum atomic E-state index is -0.867. The molecule has 0 aliphatic heterocycles. The number of nitrogens with zero attached hydrogens (tertiary/aromatic N) is 1. The van der Waals surface area contributed by atoms with Crippen molar-refractivity contribution >= 4 is 22.8 Å². The number of carboxylic acids is 1. The van der Waals surface area contributed by atoms with E-state index in [4.69, 9.17) is 5.11 Å². The van der Waals surface area contributed by atoms with Crippen molar-refractivity contribution < 1.29 is 14.7 Å². The van der Waals surface area contributed by atoms with Gasteiger partial charge in [0.05, 0.1) is 23.0 Å². The van der Waals surface area contributed by atoms with E-state index >= 15 is 0 Å². The van der Waals surface area contributed by atoms with Crippen LogP contribution in [-0.4, -0.2) is 27.5 Å². The van der Waals surface area contributed by atoms with E-state index in [9.17, 15) is 9.59 Å². The molecule has 1 aromatic heterocycles. The fraction of sp³-hybridized carbons (Fsp3) is 0.421. The van der Waals surface area contributed by atoms with E-state index in [0.717, 1.165) is 48.7 Å². The largest absolute Gasteiger partial charge is 0.481 e. The fourth-order valence-corrected chi connectivity index (χ4v) is 3.52. The Labute approximate surface area is 140 Å². The Kier molecular flexibility index (Phi) is 3.52. The van der Waals surface area contributed by atoms with Crippen LogP contribution < -0.4 is 5.32 Å². The number of nitrogens with one attached hydrogen (secondary N) is 1. The van der Waals surface area contributed by atoms with Gasteiger partial charge in [0.1, 0.15) is 0 Å². The van der Waals surface area contributed by atoms with Crippen LogP contribution in [0.4, 0.5) is 0 Å². The van der Waals surface area contributed by atoms with Gasteiger partial charge < -0.3 is 10.4 Å². The summed E-state index contributed by atoms with van der Waals surface area (Å²) in [4.78, 5) is 28.7. The van der Waals surface area contributed by atoms with Crippen LogP contribution in [0.25, 0.3) is 10.9 Å². The Bertz CT molecular complexity index is 822. The van der Waals surface area contributed by atoms with Crippen molar-refractivity contribution in [2.24, 2.45) is 0 Å². The maximum Gasteiger partial charge on any atom is 0.305 e. The third-order valence-corrected chi connectivity index (χ3v) is 5.16. The van der Waals surface area contributed by atoms with Crippen LogP contribution in [0.2, 0.25) is 0 Å². The van der Waals surface area contributed by atoms with E-state index in [2.05, 4.69) is 10.3 Å². The van der Waals surface area contributed by atoms with Gasteiger partial charge in [0.25, 0.3) is 5.91 Å². The van der Waals surface area contributed by atoms with E-state index in [1.54, 1.807) is 0 Å². The number of carbonyl (C=O) groups excluding carboxylic acids is 1. The third kappa shape index (κ3) is 2.75. The van der Waals surface area contributed by atoms with Gasteiger partial charge >= 0.3 is 5.97 Å². The molecule has 5 heteroatoms. The number of carbonyl (C=O) groups is 2. The summed E-state index contributed by atoms with van der Waals surface area (Å²) in [6.07, 6.45) is 4.63. The Morgan fingerprint density at radius 3 is 2.62 bits per heavy atom. The number of amides is 1. The van der Waals surface area contributed by atoms with Crippen LogP contribution in [0.5, 0.6) is 0 Å². The molecule has 124 valence electrons. The van der Waals surface area contributed by atoms with Crippen molar-refractivity contribution in [2.45, 2.75) is 50.0 Å². The summed E-state index contributed by atoms with van der Waals surface area (Å²) in [5.74, 6) is -0.595. The highest BCUT2D eigenvalue weighted by atomic mass is 16.4. The van der Waals surface area contributed by atoms with E-state index in [1.165, 1.54) is 0 Å². The Balaban J connectivity index is 1.69. The molecule has 4 rings (SSSR count). The molecule has 5 nitrogen and oxygen atoms in total. The number of fused-ring (bicyclic) bond motifs is 1. The Morgan fingerprint density at radius 1 is 1.25 bits per heavy atom. The number of aromatic nitrogens is 1. The topological polar surface area (TPSA) is 79.3 Å². The van der Waals surface area contributed by atoms with Crippen molar-refractivity contribution in [1.82, 2.24) is 10.3 Å². The second-order valence-corrected chi connectivity index (χ2v) is 7.04. The van der Waals surface area contributed by atoms with Crippen molar-refractivity contribution in [3.8, 4) is 0 Å². The number of para-hydroxylation sites is 1. The van der Waals surface area contributed by atoms with Crippen molar-refractivity contribution in [3.05, 3.63) is 41.6 Å². The summed E-state index contributed by atoms with van der Waals surface area (Å²) in [6, 6.07) is 9.54. The van der Waals surface area contributed by atoms with Crippen LogP contribution in [0.3, 0.4) is 0 Å². The van der Waals surface area contributed by atoms with Gasteiger partial charge in [-0.15, -0.1) is 0 Å². The standard InChI is InChI=1S/C19H20N2O3/c22-17(23)11-19(8-3-9-19)21-18(24)14-10-16(12-6-7-12)20-15-5-2-1-4-13(14)15/h1-2,4-5,10,12H,3,6-9,11H2,(H,21,24)(H,22,23). The lowest BCUT2D eigenvalue weighted by Crippen LogP contribution is -2.54. The Morgan fingerprint density at radius 2 is 2.00 bits per heavy atom. The molecule has 2 saturated carbocycles. The fourth-order valence-electron chi connectivity index (χ4n) is 3.52. The SMILES string of the molecule is O=C(O)CC1(NC(=O)c2cc(C3CC3)nc3ccccc23)CCC1. The van der Waals surface area contributed by atoms with Gasteiger partial charge in [-0.3, -0.25) is 14.6 Å². The lowest BCUT2D eigenvalue weighted by molar-refractivity contribution is -0.139. The van der Waals surface area contributed by atoms with Crippen LogP contribution >= 0.6 is 0 Å². The number of rotatable bonds is 5.